The number of hydrogen-bond acceptors (Lipinski definition) is 4. The van der Waals surface area contributed by atoms with E-state index in [4.69, 9.17) is 0 Å². The van der Waals surface area contributed by atoms with Crippen LogP contribution in [0.15, 0.2) is 6.07 Å². The summed E-state index contributed by atoms with van der Waals surface area (Å²) >= 11 is 1.36. The highest BCUT2D eigenvalue weighted by Crippen LogP contribution is 2.31. The molecule has 0 radical (unpaired) electrons. The Morgan fingerprint density at radius 3 is 2.53 bits per heavy atom. The predicted molar refractivity (Wildman–Crippen MR) is 55.1 cm³/mol. The van der Waals surface area contributed by atoms with Gasteiger partial charge >= 0.3 is 6.36 Å². The molecule has 1 aromatic rings. The van der Waals surface area contributed by atoms with E-state index in [0.29, 0.717) is 6.07 Å². The van der Waals surface area contributed by atoms with Crippen LogP contribution in [0.2, 0.25) is 0 Å². The van der Waals surface area contributed by atoms with E-state index in [2.05, 4.69) is 9.72 Å². The number of halogens is 5. The fraction of sp³-hybridized carbons (Fsp3) is 0.286. The Balaban J connectivity index is 3.25. The summed E-state index contributed by atoms with van der Waals surface area (Å²) in [7, 11) is 0. The monoisotopic (exact) mass is 366 g/mol. The van der Waals surface area contributed by atoms with Crippen LogP contribution in [0, 0.1) is 13.8 Å². The Morgan fingerprint density at radius 2 is 2.12 bits per heavy atom. The lowest BCUT2D eigenvalue weighted by Gasteiger charge is -2.10. The van der Waals surface area contributed by atoms with Crippen LogP contribution in [0.5, 0.6) is 5.75 Å². The van der Waals surface area contributed by atoms with Crippen molar-refractivity contribution in [2.45, 2.75) is 13.0 Å². The van der Waals surface area contributed by atoms with Crippen LogP contribution in [0.25, 0.3) is 0 Å². The molecule has 10 heteroatoms. The minimum absolute atomic E-state index is 0.307. The highest BCUT2D eigenvalue weighted by Gasteiger charge is 2.33. The van der Waals surface area contributed by atoms with E-state index in [0.717, 1.165) is 0 Å². The molecule has 5 nitrogen and oxygen atoms in total. The molecule has 0 spiro atoms. The summed E-state index contributed by atoms with van der Waals surface area (Å²) in [6.07, 6.45) is -4.99. The highest BCUT2D eigenvalue weighted by atomic mass is 127. The lowest BCUT2D eigenvalue weighted by molar-refractivity contribution is -0.386. The summed E-state index contributed by atoms with van der Waals surface area (Å²) < 4.78 is 51.4. The van der Waals surface area contributed by atoms with Crippen LogP contribution < -0.4 is 4.74 Å². The molecule has 0 aliphatic rings. The lowest BCUT2D eigenvalue weighted by Crippen LogP contribution is -2.18. The Kier molecular flexibility index (Phi) is 4.06. The minimum Gasteiger partial charge on any atom is -0.403 e. The molecule has 1 heterocycles. The van der Waals surface area contributed by atoms with Crippen molar-refractivity contribution in [3.05, 3.63) is 25.6 Å². The maximum absolute atomic E-state index is 12.4. The summed E-state index contributed by atoms with van der Waals surface area (Å²) in [6.45, 7) is -1.25. The Bertz CT molecular complexity index is 451. The molecule has 94 valence electrons. The fourth-order valence-electron chi connectivity index (χ4n) is 0.951. The first kappa shape index (κ1) is 13.9. The second-order valence-electron chi connectivity index (χ2n) is 2.68. The molecular formula is C7H3F4IN2O3. The molecule has 1 aromatic heterocycles. The zero-order valence-electron chi connectivity index (χ0n) is 7.79. The van der Waals surface area contributed by atoms with Crippen molar-refractivity contribution in [2.75, 3.05) is 0 Å². The maximum atomic E-state index is 12.4. The number of nitrogens with zero attached hydrogens (tertiary/aromatic N) is 2. The molecule has 1 rings (SSSR count). The Labute approximate surface area is 105 Å². The van der Waals surface area contributed by atoms with E-state index in [1.54, 1.807) is 0 Å². The molecule has 0 bridgehead atoms. The molecule has 0 aromatic carbocycles. The normalized spacial score (nSPS) is 11.4. The van der Waals surface area contributed by atoms with Gasteiger partial charge in [-0.05, 0) is 22.6 Å². The van der Waals surface area contributed by atoms with Crippen molar-refractivity contribution in [2.24, 2.45) is 0 Å². The third-order valence-corrected chi connectivity index (χ3v) is 2.32. The molecule has 0 saturated carbocycles. The molecule has 17 heavy (non-hydrogen) atoms. The first-order valence-electron chi connectivity index (χ1n) is 3.90. The first-order chi connectivity index (χ1) is 7.74. The Morgan fingerprint density at radius 1 is 1.53 bits per heavy atom. The summed E-state index contributed by atoms with van der Waals surface area (Å²) in [4.78, 5) is 12.8. The molecule has 0 N–H and O–H groups in total. The molecule has 0 atom stereocenters. The van der Waals surface area contributed by atoms with Crippen LogP contribution in [-0.2, 0) is 6.67 Å². The second kappa shape index (κ2) is 4.98. The van der Waals surface area contributed by atoms with Gasteiger partial charge in [0.05, 0.1) is 11.0 Å². The number of nitro groups is 1. The topological polar surface area (TPSA) is 65.3 Å². The molecular weight excluding hydrogens is 363 g/mol. The molecule has 0 unspecified atom stereocenters. The molecule has 0 saturated heterocycles. The van der Waals surface area contributed by atoms with Crippen LogP contribution in [0.3, 0.4) is 0 Å². The third kappa shape index (κ3) is 3.64. The number of hydrogen-bond donors (Lipinski definition) is 0. The summed E-state index contributed by atoms with van der Waals surface area (Å²) in [5.74, 6) is -0.831. The first-order valence-corrected chi connectivity index (χ1v) is 4.98. The SMILES string of the molecule is O=[N+]([O-])c1cc(OC(F)(F)F)c(I)nc1CF. The average molecular weight is 366 g/mol. The van der Waals surface area contributed by atoms with Crippen molar-refractivity contribution in [3.63, 3.8) is 0 Å². The fourth-order valence-corrected chi connectivity index (χ4v) is 1.51. The van der Waals surface area contributed by atoms with Crippen molar-refractivity contribution < 1.29 is 27.2 Å². The zero-order valence-corrected chi connectivity index (χ0v) is 9.95. The van der Waals surface area contributed by atoms with Gasteiger partial charge in [-0.25, -0.2) is 9.37 Å². The molecule has 0 fully saturated rings. The van der Waals surface area contributed by atoms with E-state index in [1.807, 2.05) is 0 Å². The van der Waals surface area contributed by atoms with Crippen LogP contribution in [-0.4, -0.2) is 16.3 Å². The maximum Gasteiger partial charge on any atom is 0.573 e. The van der Waals surface area contributed by atoms with E-state index in [1.165, 1.54) is 22.6 Å². The van der Waals surface area contributed by atoms with Gasteiger partial charge in [-0.3, -0.25) is 10.1 Å². The minimum atomic E-state index is -4.99. The summed E-state index contributed by atoms with van der Waals surface area (Å²) in [6, 6.07) is 0.497. The van der Waals surface area contributed by atoms with Gasteiger partial charge in [0.2, 0.25) is 0 Å². The number of alkyl halides is 4. The Hall–Kier alpha value is -1.20. The number of ether oxygens (including phenoxy) is 1. The highest BCUT2D eigenvalue weighted by molar-refractivity contribution is 14.1. The van der Waals surface area contributed by atoms with E-state index in [-0.39, 0.29) is 3.70 Å². The molecule has 0 amide bonds. The summed E-state index contributed by atoms with van der Waals surface area (Å²) in [5.41, 5.74) is -1.40. The molecule has 0 aliphatic heterocycles. The largest absolute Gasteiger partial charge is 0.573 e. The summed E-state index contributed by atoms with van der Waals surface area (Å²) in [5, 5.41) is 10.5. The van der Waals surface area contributed by atoms with Gasteiger partial charge in [0.25, 0.3) is 5.69 Å². The van der Waals surface area contributed by atoms with Crippen LogP contribution >= 0.6 is 22.6 Å². The number of rotatable bonds is 3. The van der Waals surface area contributed by atoms with Gasteiger partial charge in [-0.1, -0.05) is 0 Å². The van der Waals surface area contributed by atoms with Crippen molar-refractivity contribution in [3.8, 4) is 5.75 Å². The second-order valence-corrected chi connectivity index (χ2v) is 3.70. The zero-order chi connectivity index (χ0) is 13.2. The predicted octanol–water partition coefficient (Wildman–Crippen LogP) is 2.96. The van der Waals surface area contributed by atoms with Crippen molar-refractivity contribution in [1.29, 1.82) is 0 Å². The quantitative estimate of drug-likeness (QED) is 0.271. The molecule has 0 aliphatic carbocycles. The standard InChI is InChI=1S/C7H3F4IN2O3/c8-2-3-4(14(15)16)1-5(6(12)13-3)17-7(9,10)11/h1H,2H2. The van der Waals surface area contributed by atoms with Gasteiger partial charge in [-0.15, -0.1) is 13.2 Å². The van der Waals surface area contributed by atoms with Crippen molar-refractivity contribution in [1.82, 2.24) is 4.98 Å². The van der Waals surface area contributed by atoms with Gasteiger partial charge in [0.1, 0.15) is 10.4 Å². The third-order valence-electron chi connectivity index (χ3n) is 1.55. The van der Waals surface area contributed by atoms with E-state index in [9.17, 15) is 27.7 Å². The van der Waals surface area contributed by atoms with E-state index >= 15 is 0 Å². The number of aromatic nitrogens is 1. The smallest absolute Gasteiger partial charge is 0.403 e. The van der Waals surface area contributed by atoms with Gasteiger partial charge in [0, 0.05) is 0 Å². The van der Waals surface area contributed by atoms with Crippen LogP contribution in [0.4, 0.5) is 23.2 Å². The van der Waals surface area contributed by atoms with Crippen LogP contribution in [0.1, 0.15) is 5.69 Å². The lowest BCUT2D eigenvalue weighted by atomic mass is 10.3. The average Bonchev–Trinajstić information content (AvgIpc) is 2.18. The van der Waals surface area contributed by atoms with Gasteiger partial charge < -0.3 is 4.74 Å². The van der Waals surface area contributed by atoms with Gasteiger partial charge in [-0.2, -0.15) is 0 Å². The van der Waals surface area contributed by atoms with Gasteiger partial charge in [0.15, 0.2) is 11.4 Å². The van der Waals surface area contributed by atoms with E-state index < -0.39 is 35.1 Å². The number of pyridine rings is 1. The van der Waals surface area contributed by atoms with Crippen molar-refractivity contribution >= 4 is 28.3 Å².